The van der Waals surface area contributed by atoms with Crippen LogP contribution in [0.15, 0.2) is 46.2 Å². The highest BCUT2D eigenvalue weighted by atomic mass is 14.7. The third kappa shape index (κ3) is 2.08. The number of rotatable bonds is 0. The molecule has 0 atom stereocenters. The molecule has 0 bridgehead atoms. The molecule has 0 saturated heterocycles. The van der Waals surface area contributed by atoms with Gasteiger partial charge in [0.2, 0.25) is 0 Å². The van der Waals surface area contributed by atoms with Gasteiger partial charge in [0, 0.05) is 11.8 Å². The Morgan fingerprint density at radius 2 is 2.33 bits per heavy atom. The van der Waals surface area contributed by atoms with Crippen molar-refractivity contribution in [2.75, 3.05) is 6.54 Å². The van der Waals surface area contributed by atoms with E-state index in [1.807, 2.05) is 32.2 Å². The van der Waals surface area contributed by atoms with E-state index in [1.165, 1.54) is 5.57 Å². The molecule has 0 aliphatic carbocycles. The first-order valence-corrected chi connectivity index (χ1v) is 4.12. The Morgan fingerprint density at radius 1 is 1.50 bits per heavy atom. The summed E-state index contributed by atoms with van der Waals surface area (Å²) in [6, 6.07) is 0. The Labute approximate surface area is 73.5 Å². The van der Waals surface area contributed by atoms with Crippen LogP contribution >= 0.6 is 0 Å². The van der Waals surface area contributed by atoms with Crippen molar-refractivity contribution in [2.24, 2.45) is 4.99 Å². The van der Waals surface area contributed by atoms with Gasteiger partial charge in [-0.25, -0.2) is 0 Å². The van der Waals surface area contributed by atoms with Crippen molar-refractivity contribution in [3.05, 3.63) is 41.2 Å². The maximum absolute atomic E-state index is 4.20. The molecule has 0 spiro atoms. The quantitative estimate of drug-likeness (QED) is 0.482. The third-order valence-electron chi connectivity index (χ3n) is 1.69. The molecule has 1 rings (SSSR count). The normalized spacial score (nSPS) is 19.2. The van der Waals surface area contributed by atoms with Crippen molar-refractivity contribution < 1.29 is 0 Å². The summed E-state index contributed by atoms with van der Waals surface area (Å²) in [4.78, 5) is 4.20. The van der Waals surface area contributed by atoms with Gasteiger partial charge in [-0.1, -0.05) is 12.2 Å². The Balaban J connectivity index is 3.06. The summed E-state index contributed by atoms with van der Waals surface area (Å²) < 4.78 is 0. The van der Waals surface area contributed by atoms with Crippen LogP contribution in [0.2, 0.25) is 0 Å². The first-order valence-electron chi connectivity index (χ1n) is 4.12. The number of hydrogen-bond donors (Lipinski definition) is 0. The van der Waals surface area contributed by atoms with Crippen LogP contribution < -0.4 is 0 Å². The van der Waals surface area contributed by atoms with Crippen molar-refractivity contribution in [3.8, 4) is 0 Å². The molecule has 1 heterocycles. The maximum atomic E-state index is 4.20. The van der Waals surface area contributed by atoms with Crippen LogP contribution in [0.1, 0.15) is 13.8 Å². The van der Waals surface area contributed by atoms with Gasteiger partial charge in [-0.05, 0) is 31.6 Å². The Hall–Kier alpha value is -1.33. The lowest BCUT2D eigenvalue weighted by Gasteiger charge is -1.98. The number of nitrogens with zero attached hydrogens (tertiary/aromatic N) is 1. The third-order valence-corrected chi connectivity index (χ3v) is 1.69. The second kappa shape index (κ2) is 4.53. The van der Waals surface area contributed by atoms with Gasteiger partial charge in [0.05, 0.1) is 6.54 Å². The molecule has 1 aliphatic rings. The molecule has 1 aliphatic heterocycles. The van der Waals surface area contributed by atoms with Crippen LogP contribution in [0, 0.1) is 0 Å². The van der Waals surface area contributed by atoms with E-state index in [0.29, 0.717) is 0 Å². The van der Waals surface area contributed by atoms with Gasteiger partial charge in [0.25, 0.3) is 0 Å². The second-order valence-electron chi connectivity index (χ2n) is 2.50. The van der Waals surface area contributed by atoms with E-state index >= 15 is 0 Å². The molecular weight excluding hydrogens is 146 g/mol. The standard InChI is InChI=1S/C11H13N/c1-3-6-11-9-12-8-5-7-10(11)4-2/h3-5,7-8H,9H2,1-2H3. The fraction of sp³-hybridized carbons (Fsp3) is 0.273. The topological polar surface area (TPSA) is 12.4 Å². The fourth-order valence-corrected chi connectivity index (χ4v) is 1.12. The number of hydrogen-bond acceptors (Lipinski definition) is 1. The zero-order chi connectivity index (χ0) is 8.81. The van der Waals surface area contributed by atoms with E-state index < -0.39 is 0 Å². The predicted molar refractivity (Wildman–Crippen MR) is 53.5 cm³/mol. The molecule has 1 nitrogen and oxygen atoms in total. The number of aliphatic imine (C=N–C) groups is 1. The second-order valence-corrected chi connectivity index (χ2v) is 2.50. The smallest absolute Gasteiger partial charge is 0.0717 e. The summed E-state index contributed by atoms with van der Waals surface area (Å²) in [5.41, 5.74) is 5.55. The Morgan fingerprint density at radius 3 is 3.00 bits per heavy atom. The highest BCUT2D eigenvalue weighted by molar-refractivity contribution is 5.74. The minimum Gasteiger partial charge on any atom is -0.288 e. The van der Waals surface area contributed by atoms with Crippen molar-refractivity contribution >= 4 is 6.21 Å². The van der Waals surface area contributed by atoms with E-state index in [2.05, 4.69) is 22.9 Å². The van der Waals surface area contributed by atoms with Crippen molar-refractivity contribution in [3.63, 3.8) is 0 Å². The van der Waals surface area contributed by atoms with Crippen molar-refractivity contribution in [1.29, 1.82) is 0 Å². The van der Waals surface area contributed by atoms with Crippen LogP contribution in [0.4, 0.5) is 0 Å². The van der Waals surface area contributed by atoms with Gasteiger partial charge in [0.1, 0.15) is 0 Å². The van der Waals surface area contributed by atoms with Gasteiger partial charge in [-0.2, -0.15) is 0 Å². The predicted octanol–water partition coefficient (Wildman–Crippen LogP) is 2.67. The summed E-state index contributed by atoms with van der Waals surface area (Å²) in [7, 11) is 0. The summed E-state index contributed by atoms with van der Waals surface area (Å²) in [5.74, 6) is 0. The fourth-order valence-electron chi connectivity index (χ4n) is 1.12. The monoisotopic (exact) mass is 159 g/mol. The molecule has 0 aromatic heterocycles. The molecule has 0 N–H and O–H groups in total. The molecule has 0 fully saturated rings. The van der Waals surface area contributed by atoms with Crippen LogP contribution in [0.5, 0.6) is 0 Å². The van der Waals surface area contributed by atoms with Crippen LogP contribution in [-0.4, -0.2) is 12.8 Å². The molecule has 0 aromatic rings. The van der Waals surface area contributed by atoms with Gasteiger partial charge in [-0.3, -0.25) is 4.99 Å². The Bertz CT molecular complexity index is 297. The van der Waals surface area contributed by atoms with Crippen LogP contribution in [-0.2, 0) is 0 Å². The number of allylic oxidation sites excluding steroid dienone is 3. The summed E-state index contributed by atoms with van der Waals surface area (Å²) >= 11 is 0. The maximum Gasteiger partial charge on any atom is 0.0717 e. The molecule has 62 valence electrons. The van der Waals surface area contributed by atoms with Crippen molar-refractivity contribution in [2.45, 2.75) is 13.8 Å². The minimum atomic E-state index is 0.733. The van der Waals surface area contributed by atoms with Gasteiger partial charge in [0.15, 0.2) is 0 Å². The average molecular weight is 159 g/mol. The molecular formula is C11H13N. The summed E-state index contributed by atoms with van der Waals surface area (Å²) in [6.07, 6.45) is 9.85. The summed E-state index contributed by atoms with van der Waals surface area (Å²) in [6.45, 7) is 4.73. The molecule has 0 radical (unpaired) electrons. The zero-order valence-corrected chi connectivity index (χ0v) is 7.54. The van der Waals surface area contributed by atoms with Gasteiger partial charge < -0.3 is 0 Å². The van der Waals surface area contributed by atoms with Gasteiger partial charge in [-0.15, -0.1) is 5.73 Å². The van der Waals surface area contributed by atoms with E-state index in [1.54, 1.807) is 0 Å². The molecule has 0 amide bonds. The molecule has 0 saturated carbocycles. The zero-order valence-electron chi connectivity index (χ0n) is 7.54. The van der Waals surface area contributed by atoms with E-state index in [4.69, 9.17) is 0 Å². The molecule has 0 unspecified atom stereocenters. The SMILES string of the molecule is CC=C=C1CN=CC=CC1=CC. The largest absolute Gasteiger partial charge is 0.288 e. The Kier molecular flexibility index (Phi) is 3.31. The van der Waals surface area contributed by atoms with Crippen LogP contribution in [0.25, 0.3) is 0 Å². The van der Waals surface area contributed by atoms with Crippen molar-refractivity contribution in [1.82, 2.24) is 0 Å². The average Bonchev–Trinajstić information content (AvgIpc) is 2.30. The lowest BCUT2D eigenvalue weighted by molar-refractivity contribution is 1.18. The first-order chi connectivity index (χ1) is 5.88. The lowest BCUT2D eigenvalue weighted by Crippen LogP contribution is -1.87. The van der Waals surface area contributed by atoms with E-state index in [9.17, 15) is 0 Å². The first kappa shape index (κ1) is 8.76. The highest BCUT2D eigenvalue weighted by Gasteiger charge is 2.00. The summed E-state index contributed by atoms with van der Waals surface area (Å²) in [5, 5.41) is 0. The molecule has 1 heteroatoms. The van der Waals surface area contributed by atoms with E-state index in [0.717, 1.165) is 12.1 Å². The highest BCUT2D eigenvalue weighted by Crippen LogP contribution is 2.12. The van der Waals surface area contributed by atoms with Crippen LogP contribution in [0.3, 0.4) is 0 Å². The molecule has 0 aromatic carbocycles. The van der Waals surface area contributed by atoms with E-state index in [-0.39, 0.29) is 0 Å². The lowest BCUT2D eigenvalue weighted by atomic mass is 10.1. The molecule has 12 heavy (non-hydrogen) atoms. The minimum absolute atomic E-state index is 0.733. The van der Waals surface area contributed by atoms with Gasteiger partial charge >= 0.3 is 0 Å².